The molecule has 0 unspecified atom stereocenters. The predicted octanol–water partition coefficient (Wildman–Crippen LogP) is 0.575. The van der Waals surface area contributed by atoms with Gasteiger partial charge in [0.1, 0.15) is 5.76 Å². The molecule has 1 aromatic heterocycles. The fourth-order valence-corrected chi connectivity index (χ4v) is 1.88. The molecular weight excluding hydrogens is 275 g/mol. The predicted molar refractivity (Wildman–Crippen MR) is 72.6 cm³/mol. The highest BCUT2D eigenvalue weighted by atomic mass is 32.5. The largest absolute Gasteiger partial charge is 0.468 e. The Kier molecular flexibility index (Phi) is 7.69. The number of furan rings is 1. The molecule has 0 saturated heterocycles. The molecule has 0 saturated carbocycles. The van der Waals surface area contributed by atoms with Gasteiger partial charge in [-0.15, -0.1) is 0 Å². The van der Waals surface area contributed by atoms with Crippen LogP contribution in [0, 0.1) is 0 Å². The van der Waals surface area contributed by atoms with E-state index in [9.17, 15) is 0 Å². The quantitative estimate of drug-likeness (QED) is 0.371. The van der Waals surface area contributed by atoms with Gasteiger partial charge in [0, 0.05) is 6.54 Å². The summed E-state index contributed by atoms with van der Waals surface area (Å²) in [5, 5.41) is 6.36. The summed E-state index contributed by atoms with van der Waals surface area (Å²) in [7, 11) is 0. The van der Waals surface area contributed by atoms with Crippen LogP contribution < -0.4 is 10.6 Å². The molecule has 0 bridgehead atoms. The van der Waals surface area contributed by atoms with Crippen molar-refractivity contribution in [2.45, 2.75) is 13.0 Å². The van der Waals surface area contributed by atoms with E-state index in [1.165, 1.54) is 0 Å². The van der Waals surface area contributed by atoms with Crippen molar-refractivity contribution in [2.24, 2.45) is 0 Å². The average Bonchev–Trinajstić information content (AvgIpc) is 2.78. The van der Waals surface area contributed by atoms with Gasteiger partial charge >= 0.3 is 6.72 Å². The minimum absolute atomic E-state index is 0.212. The third-order valence-electron chi connectivity index (χ3n) is 2.12. The molecule has 1 aromatic rings. The number of hydrogen-bond acceptors (Lipinski definition) is 5. The van der Waals surface area contributed by atoms with Crippen molar-refractivity contribution in [3.63, 3.8) is 0 Å². The Morgan fingerprint density at radius 2 is 2.06 bits per heavy atom. The van der Waals surface area contributed by atoms with Gasteiger partial charge in [-0.3, -0.25) is 0 Å². The van der Waals surface area contributed by atoms with E-state index in [0.717, 1.165) is 31.8 Å². The van der Waals surface area contributed by atoms with E-state index in [1.54, 1.807) is 6.26 Å². The molecule has 0 aliphatic heterocycles. The smallest absolute Gasteiger partial charge is 0.321 e. The molecule has 0 spiro atoms. The Morgan fingerprint density at radius 3 is 2.72 bits per heavy atom. The van der Waals surface area contributed by atoms with Crippen molar-refractivity contribution in [1.29, 1.82) is 0 Å². The molecule has 0 aliphatic rings. The van der Waals surface area contributed by atoms with E-state index in [2.05, 4.69) is 27.0 Å². The van der Waals surface area contributed by atoms with Crippen LogP contribution in [-0.4, -0.2) is 36.0 Å². The van der Waals surface area contributed by atoms with Crippen LogP contribution >= 0.6 is 6.72 Å². The van der Waals surface area contributed by atoms with E-state index < -0.39 is 6.72 Å². The molecule has 8 heteroatoms. The molecule has 1 rings (SSSR count). The molecular formula is C10H19N2O4PS. The first kappa shape index (κ1) is 15.8. The summed E-state index contributed by atoms with van der Waals surface area (Å²) >= 11 is 4.31. The van der Waals surface area contributed by atoms with Gasteiger partial charge in [0.2, 0.25) is 0 Å². The van der Waals surface area contributed by atoms with Crippen molar-refractivity contribution in [3.05, 3.63) is 24.2 Å². The van der Waals surface area contributed by atoms with Crippen molar-refractivity contribution in [1.82, 2.24) is 10.6 Å². The van der Waals surface area contributed by atoms with Crippen LogP contribution in [0.5, 0.6) is 0 Å². The monoisotopic (exact) mass is 294 g/mol. The van der Waals surface area contributed by atoms with E-state index in [-0.39, 0.29) is 6.61 Å². The van der Waals surface area contributed by atoms with Gasteiger partial charge in [0.05, 0.1) is 19.4 Å². The topological polar surface area (TPSA) is 86.9 Å². The van der Waals surface area contributed by atoms with Gasteiger partial charge in [-0.05, 0) is 43.4 Å². The lowest BCUT2D eigenvalue weighted by Gasteiger charge is -2.09. The highest BCUT2D eigenvalue weighted by Gasteiger charge is 2.05. The van der Waals surface area contributed by atoms with Gasteiger partial charge in [-0.25, -0.2) is 0 Å². The normalized spacial score (nSPS) is 11.9. The van der Waals surface area contributed by atoms with E-state index in [0.29, 0.717) is 6.54 Å². The van der Waals surface area contributed by atoms with Crippen molar-refractivity contribution >= 4 is 18.5 Å². The second kappa shape index (κ2) is 8.77. The van der Waals surface area contributed by atoms with Gasteiger partial charge in [-0.2, -0.15) is 0 Å². The standard InChI is InChI=1S/C10H19N2O4PS/c13-17(14,18)16-8-6-11-4-2-5-12-9-10-3-1-7-15-10/h1,3,7,11-12H,2,4-6,8-9H2,(H2,13,14,18). The summed E-state index contributed by atoms with van der Waals surface area (Å²) in [4.78, 5) is 17.6. The number of nitrogens with one attached hydrogen (secondary N) is 2. The molecule has 1 heterocycles. The zero-order valence-corrected chi connectivity index (χ0v) is 11.8. The van der Waals surface area contributed by atoms with Crippen molar-refractivity contribution in [3.8, 4) is 0 Å². The molecule has 0 aliphatic carbocycles. The van der Waals surface area contributed by atoms with Crippen LogP contribution in [0.4, 0.5) is 0 Å². The second-order valence-electron chi connectivity index (χ2n) is 3.68. The van der Waals surface area contributed by atoms with Crippen LogP contribution in [0.1, 0.15) is 12.2 Å². The van der Waals surface area contributed by atoms with Gasteiger partial charge in [0.25, 0.3) is 0 Å². The first-order valence-electron chi connectivity index (χ1n) is 5.72. The van der Waals surface area contributed by atoms with Crippen LogP contribution in [-0.2, 0) is 22.9 Å². The first-order valence-corrected chi connectivity index (χ1v) is 8.34. The molecule has 0 radical (unpaired) electrons. The molecule has 0 amide bonds. The lowest BCUT2D eigenvalue weighted by atomic mass is 10.4. The Bertz CT molecular complexity index is 355. The van der Waals surface area contributed by atoms with Gasteiger partial charge in [0.15, 0.2) is 0 Å². The van der Waals surface area contributed by atoms with E-state index in [4.69, 9.17) is 14.2 Å². The maximum absolute atomic E-state index is 8.79. The Morgan fingerprint density at radius 1 is 1.28 bits per heavy atom. The summed E-state index contributed by atoms with van der Waals surface area (Å²) in [6.45, 7) is -0.284. The molecule has 4 N–H and O–H groups in total. The zero-order valence-electron chi connectivity index (χ0n) is 10.0. The third kappa shape index (κ3) is 8.77. The van der Waals surface area contributed by atoms with Crippen LogP contribution in [0.25, 0.3) is 0 Å². The molecule has 6 nitrogen and oxygen atoms in total. The maximum Gasteiger partial charge on any atom is 0.321 e. The third-order valence-corrected chi connectivity index (χ3v) is 2.96. The number of hydrogen-bond donors (Lipinski definition) is 4. The van der Waals surface area contributed by atoms with E-state index >= 15 is 0 Å². The lowest BCUT2D eigenvalue weighted by molar-refractivity contribution is 0.251. The first-order chi connectivity index (χ1) is 8.58. The molecule has 0 atom stereocenters. The SMILES string of the molecule is OP(O)(=S)OCCNCCCNCc1ccco1. The number of rotatable bonds is 10. The summed E-state index contributed by atoms with van der Waals surface area (Å²) < 4.78 is 9.83. The second-order valence-corrected chi connectivity index (χ2v) is 6.35. The van der Waals surface area contributed by atoms with Crippen LogP contribution in [0.15, 0.2) is 22.8 Å². The fraction of sp³-hybridized carbons (Fsp3) is 0.600. The zero-order chi connectivity index (χ0) is 13.3. The van der Waals surface area contributed by atoms with Crippen molar-refractivity contribution < 1.29 is 18.7 Å². The van der Waals surface area contributed by atoms with E-state index in [1.807, 2.05) is 12.1 Å². The summed E-state index contributed by atoms with van der Waals surface area (Å²) in [5.74, 6) is 0.924. The summed E-state index contributed by atoms with van der Waals surface area (Å²) in [5.41, 5.74) is 0. The van der Waals surface area contributed by atoms with Gasteiger partial charge in [-0.1, -0.05) is 0 Å². The Balaban J connectivity index is 1.83. The summed E-state index contributed by atoms with van der Waals surface area (Å²) in [6, 6.07) is 3.79. The highest BCUT2D eigenvalue weighted by molar-refractivity contribution is 8.06. The Hall–Kier alpha value is -0.270. The molecule has 0 aromatic carbocycles. The van der Waals surface area contributed by atoms with Gasteiger partial charge < -0.3 is 29.4 Å². The Labute approximate surface area is 112 Å². The minimum atomic E-state index is -3.49. The molecule has 0 fully saturated rings. The average molecular weight is 294 g/mol. The maximum atomic E-state index is 8.79. The molecule has 104 valence electrons. The fourth-order valence-electron chi connectivity index (χ4n) is 1.32. The van der Waals surface area contributed by atoms with Crippen molar-refractivity contribution in [2.75, 3.05) is 26.2 Å². The lowest BCUT2D eigenvalue weighted by Crippen LogP contribution is -2.24. The molecule has 18 heavy (non-hydrogen) atoms. The minimum Gasteiger partial charge on any atom is -0.468 e. The van der Waals surface area contributed by atoms with Crippen LogP contribution in [0.2, 0.25) is 0 Å². The highest BCUT2D eigenvalue weighted by Crippen LogP contribution is 2.35. The van der Waals surface area contributed by atoms with Crippen LogP contribution in [0.3, 0.4) is 0 Å². The summed E-state index contributed by atoms with van der Waals surface area (Å²) in [6.07, 6.45) is 2.62.